The summed E-state index contributed by atoms with van der Waals surface area (Å²) in [5.41, 5.74) is 2.33. The third kappa shape index (κ3) is 3.58. The van der Waals surface area contributed by atoms with Gasteiger partial charge in [0.25, 0.3) is 0 Å². The van der Waals surface area contributed by atoms with Gasteiger partial charge in [-0.1, -0.05) is 30.7 Å². The minimum Gasteiger partial charge on any atom is -0.345 e. The summed E-state index contributed by atoms with van der Waals surface area (Å²) in [7, 11) is 0. The summed E-state index contributed by atoms with van der Waals surface area (Å²) in [6, 6.07) is 7.85. The molecule has 2 rings (SSSR count). The lowest BCUT2D eigenvalue weighted by atomic mass is 10.1. The zero-order valence-electron chi connectivity index (χ0n) is 9.83. The van der Waals surface area contributed by atoms with Crippen molar-refractivity contribution in [1.29, 1.82) is 0 Å². The molecule has 3 nitrogen and oxygen atoms in total. The lowest BCUT2D eigenvalue weighted by molar-refractivity contribution is 0.712. The molecule has 0 fully saturated rings. The summed E-state index contributed by atoms with van der Waals surface area (Å²) >= 11 is 5.84. The first-order valence-electron chi connectivity index (χ1n) is 5.76. The number of hydrogen-bond acceptors (Lipinski definition) is 2. The lowest BCUT2D eigenvalue weighted by Gasteiger charge is -1.99. The second-order valence-electron chi connectivity index (χ2n) is 3.94. The van der Waals surface area contributed by atoms with Gasteiger partial charge in [-0.3, -0.25) is 0 Å². The fourth-order valence-corrected chi connectivity index (χ4v) is 1.77. The molecule has 0 radical (unpaired) electrons. The van der Waals surface area contributed by atoms with Crippen molar-refractivity contribution in [2.45, 2.75) is 19.9 Å². The van der Waals surface area contributed by atoms with Crippen LogP contribution in [0.1, 0.15) is 24.0 Å². The third-order valence-corrected chi connectivity index (χ3v) is 2.78. The summed E-state index contributed by atoms with van der Waals surface area (Å²) in [4.78, 5) is 7.66. The standard InChI is InChI=1S/C13H16ClN3/c1-2-15-8-12-9-16-13(17-12)7-10-3-5-11(14)6-4-10/h3-6,9,15H,2,7-8H2,1H3,(H,16,17). The molecule has 1 aromatic carbocycles. The van der Waals surface area contributed by atoms with Crippen LogP contribution in [-0.4, -0.2) is 16.5 Å². The Morgan fingerprint density at radius 3 is 2.76 bits per heavy atom. The molecule has 0 spiro atoms. The highest BCUT2D eigenvalue weighted by atomic mass is 35.5. The van der Waals surface area contributed by atoms with Gasteiger partial charge in [0.05, 0.1) is 0 Å². The number of nitrogens with one attached hydrogen (secondary N) is 2. The van der Waals surface area contributed by atoms with Gasteiger partial charge in [0, 0.05) is 29.9 Å². The first kappa shape index (κ1) is 12.1. The Kier molecular flexibility index (Phi) is 4.18. The predicted molar refractivity (Wildman–Crippen MR) is 70.2 cm³/mol. The van der Waals surface area contributed by atoms with Crippen molar-refractivity contribution in [3.05, 3.63) is 52.6 Å². The molecule has 0 aliphatic rings. The molecule has 4 heteroatoms. The fraction of sp³-hybridized carbons (Fsp3) is 0.308. The first-order chi connectivity index (χ1) is 8.28. The largest absolute Gasteiger partial charge is 0.345 e. The van der Waals surface area contributed by atoms with E-state index in [9.17, 15) is 0 Å². The number of H-pyrrole nitrogens is 1. The van der Waals surface area contributed by atoms with Crippen LogP contribution >= 0.6 is 11.6 Å². The zero-order valence-corrected chi connectivity index (χ0v) is 10.6. The van der Waals surface area contributed by atoms with Crippen LogP contribution < -0.4 is 5.32 Å². The maximum absolute atomic E-state index is 5.84. The average Bonchev–Trinajstić information content (AvgIpc) is 2.77. The number of imidazole rings is 1. The van der Waals surface area contributed by atoms with Gasteiger partial charge in [-0.15, -0.1) is 0 Å². The van der Waals surface area contributed by atoms with Crippen LogP contribution in [0, 0.1) is 0 Å². The third-order valence-electron chi connectivity index (χ3n) is 2.53. The van der Waals surface area contributed by atoms with Gasteiger partial charge in [0.1, 0.15) is 5.82 Å². The highest BCUT2D eigenvalue weighted by Crippen LogP contribution is 2.12. The van der Waals surface area contributed by atoms with E-state index in [-0.39, 0.29) is 0 Å². The van der Waals surface area contributed by atoms with Gasteiger partial charge >= 0.3 is 0 Å². The maximum atomic E-state index is 5.84. The maximum Gasteiger partial charge on any atom is 0.110 e. The van der Waals surface area contributed by atoms with Gasteiger partial charge in [-0.05, 0) is 24.2 Å². The number of halogens is 1. The molecular formula is C13H16ClN3. The quantitative estimate of drug-likeness (QED) is 0.856. The number of benzene rings is 1. The number of rotatable bonds is 5. The summed E-state index contributed by atoms with van der Waals surface area (Å²) in [6.45, 7) is 3.89. The van der Waals surface area contributed by atoms with Crippen LogP contribution in [0.4, 0.5) is 0 Å². The van der Waals surface area contributed by atoms with Gasteiger partial charge in [-0.25, -0.2) is 4.98 Å². The van der Waals surface area contributed by atoms with E-state index in [4.69, 9.17) is 11.6 Å². The van der Waals surface area contributed by atoms with Crippen molar-refractivity contribution >= 4 is 11.6 Å². The van der Waals surface area contributed by atoms with E-state index in [2.05, 4.69) is 22.2 Å². The number of nitrogens with zero attached hydrogens (tertiary/aromatic N) is 1. The van der Waals surface area contributed by atoms with Crippen LogP contribution in [0.5, 0.6) is 0 Å². The topological polar surface area (TPSA) is 40.7 Å². The van der Waals surface area contributed by atoms with E-state index in [1.165, 1.54) is 5.56 Å². The smallest absolute Gasteiger partial charge is 0.110 e. The minimum absolute atomic E-state index is 0.765. The fourth-order valence-electron chi connectivity index (χ4n) is 1.64. The molecule has 2 aromatic rings. The van der Waals surface area contributed by atoms with Crippen LogP contribution in [0.2, 0.25) is 5.02 Å². The first-order valence-corrected chi connectivity index (χ1v) is 6.13. The molecule has 0 amide bonds. The molecular weight excluding hydrogens is 234 g/mol. The minimum atomic E-state index is 0.765. The molecule has 0 saturated heterocycles. The summed E-state index contributed by atoms with van der Waals surface area (Å²) < 4.78 is 0. The molecule has 2 N–H and O–H groups in total. The van der Waals surface area contributed by atoms with Crippen molar-refractivity contribution < 1.29 is 0 Å². The van der Waals surface area contributed by atoms with E-state index in [0.717, 1.165) is 36.1 Å². The molecule has 0 saturated carbocycles. The highest BCUT2D eigenvalue weighted by molar-refractivity contribution is 6.30. The second kappa shape index (κ2) is 5.84. The Hall–Kier alpha value is -1.32. The molecule has 1 heterocycles. The van der Waals surface area contributed by atoms with E-state index in [1.54, 1.807) is 0 Å². The van der Waals surface area contributed by atoms with Crippen LogP contribution in [0.15, 0.2) is 30.5 Å². The summed E-state index contributed by atoms with van der Waals surface area (Å²) in [6.07, 6.45) is 2.69. The number of aromatic amines is 1. The molecule has 0 bridgehead atoms. The van der Waals surface area contributed by atoms with Crippen LogP contribution in [0.25, 0.3) is 0 Å². The molecule has 17 heavy (non-hydrogen) atoms. The van der Waals surface area contributed by atoms with Crippen molar-refractivity contribution in [2.24, 2.45) is 0 Å². The number of hydrogen-bond donors (Lipinski definition) is 2. The monoisotopic (exact) mass is 249 g/mol. The molecule has 90 valence electrons. The molecule has 0 atom stereocenters. The average molecular weight is 250 g/mol. The molecule has 0 aliphatic heterocycles. The van der Waals surface area contributed by atoms with Crippen molar-refractivity contribution in [1.82, 2.24) is 15.3 Å². The van der Waals surface area contributed by atoms with Crippen molar-refractivity contribution in [3.8, 4) is 0 Å². The second-order valence-corrected chi connectivity index (χ2v) is 4.38. The summed E-state index contributed by atoms with van der Waals surface area (Å²) in [5, 5.41) is 4.03. The van der Waals surface area contributed by atoms with Gasteiger partial charge in [-0.2, -0.15) is 0 Å². The van der Waals surface area contributed by atoms with E-state index < -0.39 is 0 Å². The zero-order chi connectivity index (χ0) is 12.1. The highest BCUT2D eigenvalue weighted by Gasteiger charge is 2.01. The SMILES string of the molecule is CCNCc1cnc(Cc2ccc(Cl)cc2)[nH]1. The van der Waals surface area contributed by atoms with Gasteiger partial charge in [0.2, 0.25) is 0 Å². The number of aromatic nitrogens is 2. The summed E-state index contributed by atoms with van der Waals surface area (Å²) in [5.74, 6) is 0.986. The van der Waals surface area contributed by atoms with E-state index >= 15 is 0 Å². The van der Waals surface area contributed by atoms with Crippen LogP contribution in [0.3, 0.4) is 0 Å². The van der Waals surface area contributed by atoms with E-state index in [0.29, 0.717) is 0 Å². The Morgan fingerprint density at radius 2 is 2.06 bits per heavy atom. The lowest BCUT2D eigenvalue weighted by Crippen LogP contribution is -2.11. The van der Waals surface area contributed by atoms with Crippen molar-refractivity contribution in [3.63, 3.8) is 0 Å². The van der Waals surface area contributed by atoms with E-state index in [1.807, 2.05) is 30.5 Å². The Labute approximate surface area is 106 Å². The van der Waals surface area contributed by atoms with Crippen molar-refractivity contribution in [2.75, 3.05) is 6.54 Å². The molecule has 0 unspecified atom stereocenters. The predicted octanol–water partition coefficient (Wildman–Crippen LogP) is 2.76. The molecule has 1 aromatic heterocycles. The van der Waals surface area contributed by atoms with Gasteiger partial charge in [0.15, 0.2) is 0 Å². The van der Waals surface area contributed by atoms with Crippen LogP contribution in [-0.2, 0) is 13.0 Å². The Bertz CT molecular complexity index is 462. The Morgan fingerprint density at radius 1 is 1.29 bits per heavy atom. The normalized spacial score (nSPS) is 10.7. The Balaban J connectivity index is 1.98. The van der Waals surface area contributed by atoms with Gasteiger partial charge < -0.3 is 10.3 Å². The molecule has 0 aliphatic carbocycles.